The standard InChI is InChI=1S/C17H20/c1-4-5-16-12-14(3)8-11-17(16)15-9-6-13(2)7-10-15/h6-12H,4-5H2,1-3H3. The highest BCUT2D eigenvalue weighted by molar-refractivity contribution is 5.68. The fraction of sp³-hybridized carbons (Fsp3) is 0.294. The van der Waals surface area contributed by atoms with Gasteiger partial charge in [0.2, 0.25) is 0 Å². The summed E-state index contributed by atoms with van der Waals surface area (Å²) in [4.78, 5) is 0. The van der Waals surface area contributed by atoms with Crippen LogP contribution < -0.4 is 0 Å². The van der Waals surface area contributed by atoms with Gasteiger partial charge in [0.1, 0.15) is 0 Å². The van der Waals surface area contributed by atoms with Gasteiger partial charge in [-0.3, -0.25) is 0 Å². The third-order valence-electron chi connectivity index (χ3n) is 3.14. The summed E-state index contributed by atoms with van der Waals surface area (Å²) in [6.07, 6.45) is 2.35. The molecule has 0 radical (unpaired) electrons. The Bertz CT molecular complexity index is 492. The molecule has 88 valence electrons. The molecule has 0 fully saturated rings. The van der Waals surface area contributed by atoms with E-state index in [1.165, 1.54) is 34.2 Å². The molecule has 17 heavy (non-hydrogen) atoms. The summed E-state index contributed by atoms with van der Waals surface area (Å²) in [7, 11) is 0. The zero-order chi connectivity index (χ0) is 12.3. The monoisotopic (exact) mass is 224 g/mol. The van der Waals surface area contributed by atoms with Crippen LogP contribution in [0.3, 0.4) is 0 Å². The average Bonchev–Trinajstić information content (AvgIpc) is 2.31. The van der Waals surface area contributed by atoms with E-state index in [-0.39, 0.29) is 0 Å². The van der Waals surface area contributed by atoms with Crippen molar-refractivity contribution in [2.75, 3.05) is 0 Å². The first kappa shape index (κ1) is 11.9. The first-order valence-electron chi connectivity index (χ1n) is 6.37. The lowest BCUT2D eigenvalue weighted by molar-refractivity contribution is 0.922. The van der Waals surface area contributed by atoms with Crippen LogP contribution in [0.4, 0.5) is 0 Å². The minimum absolute atomic E-state index is 1.16. The maximum Gasteiger partial charge on any atom is -0.0152 e. The zero-order valence-electron chi connectivity index (χ0n) is 11.0. The number of benzene rings is 2. The summed E-state index contributed by atoms with van der Waals surface area (Å²) in [5, 5.41) is 0. The molecule has 0 saturated heterocycles. The van der Waals surface area contributed by atoms with Crippen LogP contribution in [0.15, 0.2) is 42.5 Å². The van der Waals surface area contributed by atoms with Crippen LogP contribution in [-0.2, 0) is 6.42 Å². The predicted octanol–water partition coefficient (Wildman–Crippen LogP) is 4.92. The van der Waals surface area contributed by atoms with E-state index in [0.717, 1.165) is 6.42 Å². The summed E-state index contributed by atoms with van der Waals surface area (Å²) in [6, 6.07) is 15.6. The molecular formula is C17H20. The molecule has 0 nitrogen and oxygen atoms in total. The van der Waals surface area contributed by atoms with Crippen LogP contribution in [0.25, 0.3) is 11.1 Å². The third kappa shape index (κ3) is 2.76. The maximum atomic E-state index is 2.32. The highest BCUT2D eigenvalue weighted by Gasteiger charge is 2.04. The lowest BCUT2D eigenvalue weighted by atomic mass is 9.95. The molecule has 2 aromatic carbocycles. The zero-order valence-corrected chi connectivity index (χ0v) is 11.0. The van der Waals surface area contributed by atoms with Crippen LogP contribution in [0.2, 0.25) is 0 Å². The van der Waals surface area contributed by atoms with E-state index >= 15 is 0 Å². The molecule has 2 rings (SSSR count). The van der Waals surface area contributed by atoms with Crippen molar-refractivity contribution in [3.05, 3.63) is 59.2 Å². The number of hydrogen-bond acceptors (Lipinski definition) is 0. The van der Waals surface area contributed by atoms with Crippen LogP contribution in [0, 0.1) is 13.8 Å². The van der Waals surface area contributed by atoms with Gasteiger partial charge < -0.3 is 0 Å². The Hall–Kier alpha value is -1.56. The van der Waals surface area contributed by atoms with Crippen molar-refractivity contribution in [3.8, 4) is 11.1 Å². The van der Waals surface area contributed by atoms with Crippen molar-refractivity contribution < 1.29 is 0 Å². The SMILES string of the molecule is CCCc1cc(C)ccc1-c1ccc(C)cc1. The van der Waals surface area contributed by atoms with Crippen molar-refractivity contribution in [1.82, 2.24) is 0 Å². The Kier molecular flexibility index (Phi) is 3.63. The summed E-state index contributed by atoms with van der Waals surface area (Å²) >= 11 is 0. The van der Waals surface area contributed by atoms with Gasteiger partial charge in [-0.1, -0.05) is 66.9 Å². The second-order valence-electron chi connectivity index (χ2n) is 4.78. The molecule has 0 aliphatic carbocycles. The highest BCUT2D eigenvalue weighted by atomic mass is 14.1. The smallest absolute Gasteiger partial charge is 0.0152 e. The number of hydrogen-bond donors (Lipinski definition) is 0. The largest absolute Gasteiger partial charge is 0.0651 e. The van der Waals surface area contributed by atoms with Crippen molar-refractivity contribution in [2.45, 2.75) is 33.6 Å². The predicted molar refractivity (Wildman–Crippen MR) is 75.3 cm³/mol. The molecule has 0 atom stereocenters. The molecule has 0 bridgehead atoms. The Morgan fingerprint density at radius 2 is 1.47 bits per heavy atom. The molecule has 0 aliphatic rings. The van der Waals surface area contributed by atoms with Gasteiger partial charge in [-0.15, -0.1) is 0 Å². The quantitative estimate of drug-likeness (QED) is 0.694. The summed E-state index contributed by atoms with van der Waals surface area (Å²) < 4.78 is 0. The van der Waals surface area contributed by atoms with E-state index in [2.05, 4.69) is 63.2 Å². The second kappa shape index (κ2) is 5.18. The van der Waals surface area contributed by atoms with Gasteiger partial charge >= 0.3 is 0 Å². The van der Waals surface area contributed by atoms with Crippen LogP contribution in [0.5, 0.6) is 0 Å². The van der Waals surface area contributed by atoms with E-state index in [9.17, 15) is 0 Å². The van der Waals surface area contributed by atoms with Crippen molar-refractivity contribution in [3.63, 3.8) is 0 Å². The normalized spacial score (nSPS) is 10.5. The maximum absolute atomic E-state index is 2.32. The molecule has 0 heterocycles. The van der Waals surface area contributed by atoms with Crippen molar-refractivity contribution in [1.29, 1.82) is 0 Å². The molecule has 0 heteroatoms. The fourth-order valence-corrected chi connectivity index (χ4v) is 2.21. The van der Waals surface area contributed by atoms with E-state index in [4.69, 9.17) is 0 Å². The first-order valence-corrected chi connectivity index (χ1v) is 6.37. The van der Waals surface area contributed by atoms with Crippen LogP contribution in [-0.4, -0.2) is 0 Å². The number of rotatable bonds is 3. The van der Waals surface area contributed by atoms with Gasteiger partial charge in [0.15, 0.2) is 0 Å². The molecule has 0 N–H and O–H groups in total. The van der Waals surface area contributed by atoms with Gasteiger partial charge in [-0.25, -0.2) is 0 Å². The van der Waals surface area contributed by atoms with Crippen molar-refractivity contribution >= 4 is 0 Å². The number of aryl methyl sites for hydroxylation is 3. The Balaban J connectivity index is 2.46. The third-order valence-corrected chi connectivity index (χ3v) is 3.14. The molecule has 0 amide bonds. The molecule has 0 spiro atoms. The average molecular weight is 224 g/mol. The van der Waals surface area contributed by atoms with Crippen molar-refractivity contribution in [2.24, 2.45) is 0 Å². The first-order chi connectivity index (χ1) is 8.20. The van der Waals surface area contributed by atoms with Gasteiger partial charge in [-0.2, -0.15) is 0 Å². The molecule has 2 aromatic rings. The van der Waals surface area contributed by atoms with Crippen LogP contribution in [0.1, 0.15) is 30.0 Å². The fourth-order valence-electron chi connectivity index (χ4n) is 2.21. The molecule has 0 aromatic heterocycles. The van der Waals surface area contributed by atoms with Gasteiger partial charge in [0, 0.05) is 0 Å². The van der Waals surface area contributed by atoms with Gasteiger partial charge in [-0.05, 0) is 37.0 Å². The molecular weight excluding hydrogens is 204 g/mol. The summed E-state index contributed by atoms with van der Waals surface area (Å²) in [5.41, 5.74) is 6.86. The van der Waals surface area contributed by atoms with E-state index in [0.29, 0.717) is 0 Å². The van der Waals surface area contributed by atoms with Gasteiger partial charge in [0.05, 0.1) is 0 Å². The Morgan fingerprint density at radius 3 is 2.12 bits per heavy atom. The summed E-state index contributed by atoms with van der Waals surface area (Å²) in [5.74, 6) is 0. The lowest BCUT2D eigenvalue weighted by Gasteiger charge is -2.10. The molecule has 0 saturated carbocycles. The van der Waals surface area contributed by atoms with E-state index < -0.39 is 0 Å². The Morgan fingerprint density at radius 1 is 0.824 bits per heavy atom. The lowest BCUT2D eigenvalue weighted by Crippen LogP contribution is -1.90. The Labute approximate surface area is 104 Å². The van der Waals surface area contributed by atoms with E-state index in [1.54, 1.807) is 0 Å². The van der Waals surface area contributed by atoms with Crippen LogP contribution >= 0.6 is 0 Å². The highest BCUT2D eigenvalue weighted by Crippen LogP contribution is 2.26. The summed E-state index contributed by atoms with van der Waals surface area (Å²) in [6.45, 7) is 6.53. The second-order valence-corrected chi connectivity index (χ2v) is 4.78. The van der Waals surface area contributed by atoms with E-state index in [1.807, 2.05) is 0 Å². The minimum atomic E-state index is 1.16. The molecule has 0 unspecified atom stereocenters. The van der Waals surface area contributed by atoms with Gasteiger partial charge in [0.25, 0.3) is 0 Å². The molecule has 0 aliphatic heterocycles. The minimum Gasteiger partial charge on any atom is -0.0651 e. The topological polar surface area (TPSA) is 0 Å².